The predicted octanol–water partition coefficient (Wildman–Crippen LogP) is 4.14. The lowest BCUT2D eigenvalue weighted by atomic mass is 9.63. The number of ketones is 1. The van der Waals surface area contributed by atoms with Crippen LogP contribution in [0.2, 0.25) is 0 Å². The number of carbonyl (C=O) groups excluding carboxylic acids is 1. The Hall–Kier alpha value is -1.37. The van der Waals surface area contributed by atoms with E-state index in [4.69, 9.17) is 0 Å². The molecule has 21 heavy (non-hydrogen) atoms. The van der Waals surface area contributed by atoms with Crippen LogP contribution < -0.4 is 0 Å². The number of allylic oxidation sites excluding steroid dienone is 2. The van der Waals surface area contributed by atoms with Gasteiger partial charge in [0, 0.05) is 11.8 Å². The van der Waals surface area contributed by atoms with Gasteiger partial charge in [0.1, 0.15) is 5.78 Å². The highest BCUT2D eigenvalue weighted by Gasteiger charge is 2.54. The van der Waals surface area contributed by atoms with Crippen LogP contribution in [0, 0.1) is 23.2 Å². The van der Waals surface area contributed by atoms with E-state index in [0.717, 1.165) is 19.3 Å². The summed E-state index contributed by atoms with van der Waals surface area (Å²) in [5, 5.41) is 0. The topological polar surface area (TPSA) is 17.1 Å². The molecule has 1 aromatic rings. The molecular weight excluding hydrogens is 256 g/mol. The Morgan fingerprint density at radius 3 is 2.76 bits per heavy atom. The van der Waals surface area contributed by atoms with Crippen molar-refractivity contribution in [2.24, 2.45) is 23.2 Å². The zero-order chi connectivity index (χ0) is 14.6. The molecule has 1 heteroatoms. The minimum Gasteiger partial charge on any atom is -0.299 e. The van der Waals surface area contributed by atoms with Crippen molar-refractivity contribution in [2.75, 3.05) is 0 Å². The van der Waals surface area contributed by atoms with Crippen molar-refractivity contribution < 1.29 is 4.79 Å². The quantitative estimate of drug-likeness (QED) is 0.744. The van der Waals surface area contributed by atoms with Crippen LogP contribution in [0.25, 0.3) is 0 Å². The van der Waals surface area contributed by atoms with Crippen molar-refractivity contribution in [1.82, 2.24) is 0 Å². The molecule has 0 saturated heterocycles. The number of carbonyl (C=O) groups is 1. The van der Waals surface area contributed by atoms with Gasteiger partial charge in [0.25, 0.3) is 0 Å². The van der Waals surface area contributed by atoms with E-state index in [2.05, 4.69) is 44.2 Å². The van der Waals surface area contributed by atoms with Crippen LogP contribution in [0.5, 0.6) is 0 Å². The molecule has 4 rings (SSSR count). The highest BCUT2D eigenvalue weighted by atomic mass is 16.1. The average Bonchev–Trinajstić information content (AvgIpc) is 3.01. The molecule has 110 valence electrons. The van der Waals surface area contributed by atoms with Gasteiger partial charge >= 0.3 is 0 Å². The van der Waals surface area contributed by atoms with Gasteiger partial charge < -0.3 is 0 Å². The van der Waals surface area contributed by atoms with Gasteiger partial charge in [0.2, 0.25) is 0 Å². The van der Waals surface area contributed by atoms with E-state index in [-0.39, 0.29) is 5.41 Å². The third kappa shape index (κ3) is 2.01. The van der Waals surface area contributed by atoms with Gasteiger partial charge in [0.15, 0.2) is 0 Å². The lowest BCUT2D eigenvalue weighted by Crippen LogP contribution is -2.41. The molecule has 2 bridgehead atoms. The standard InChI is InChI=1S/C20H24O/c1-13(2)7-14-3-5-16-12-20(19(21)10-17(16)8-14)11-15-4-6-18(20)9-15/h3-6,8,13,15,18H,7,9-12H2,1-2H3. The number of hydrogen-bond acceptors (Lipinski definition) is 1. The van der Waals surface area contributed by atoms with Crippen molar-refractivity contribution in [2.45, 2.75) is 46.0 Å². The Kier molecular flexibility index (Phi) is 2.89. The third-order valence-corrected chi connectivity index (χ3v) is 5.84. The number of rotatable bonds is 2. The summed E-state index contributed by atoms with van der Waals surface area (Å²) in [6.07, 6.45) is 9.73. The number of fused-ring (bicyclic) bond motifs is 4. The molecule has 0 radical (unpaired) electrons. The summed E-state index contributed by atoms with van der Waals surface area (Å²) in [5.74, 6) is 2.36. The summed E-state index contributed by atoms with van der Waals surface area (Å²) in [6.45, 7) is 4.50. The Labute approximate surface area is 127 Å². The smallest absolute Gasteiger partial charge is 0.144 e. The van der Waals surface area contributed by atoms with Crippen molar-refractivity contribution in [3.8, 4) is 0 Å². The predicted molar refractivity (Wildman–Crippen MR) is 85.2 cm³/mol. The molecular formula is C20H24O. The molecule has 1 saturated carbocycles. The molecule has 1 fully saturated rings. The molecule has 3 unspecified atom stereocenters. The van der Waals surface area contributed by atoms with Crippen molar-refractivity contribution >= 4 is 5.78 Å². The maximum absolute atomic E-state index is 12.9. The first-order valence-electron chi connectivity index (χ1n) is 8.39. The van der Waals surface area contributed by atoms with Crippen LogP contribution in [0.3, 0.4) is 0 Å². The van der Waals surface area contributed by atoms with E-state index < -0.39 is 0 Å². The fraction of sp³-hybridized carbons (Fsp3) is 0.550. The van der Waals surface area contributed by atoms with Crippen LogP contribution in [0.4, 0.5) is 0 Å². The number of Topliss-reactive ketones (excluding diaryl/α,β-unsaturated/α-hetero) is 1. The molecule has 3 atom stereocenters. The Morgan fingerprint density at radius 1 is 1.24 bits per heavy atom. The molecule has 0 N–H and O–H groups in total. The zero-order valence-electron chi connectivity index (χ0n) is 13.1. The first kappa shape index (κ1) is 13.3. The zero-order valence-corrected chi connectivity index (χ0v) is 13.1. The molecule has 3 aliphatic carbocycles. The van der Waals surface area contributed by atoms with E-state index >= 15 is 0 Å². The van der Waals surface area contributed by atoms with Gasteiger partial charge in [0.05, 0.1) is 0 Å². The monoisotopic (exact) mass is 280 g/mol. The van der Waals surface area contributed by atoms with E-state index in [9.17, 15) is 4.79 Å². The maximum atomic E-state index is 12.9. The SMILES string of the molecule is CC(C)Cc1ccc2c(c1)CC(=O)C1(C2)CC2C=CC1C2. The first-order chi connectivity index (χ1) is 10.1. The Morgan fingerprint density at radius 2 is 2.10 bits per heavy atom. The van der Waals surface area contributed by atoms with Crippen molar-refractivity contribution in [3.63, 3.8) is 0 Å². The van der Waals surface area contributed by atoms with Crippen LogP contribution in [0.15, 0.2) is 30.4 Å². The third-order valence-electron chi connectivity index (χ3n) is 5.84. The summed E-state index contributed by atoms with van der Waals surface area (Å²) in [4.78, 5) is 12.9. The first-order valence-corrected chi connectivity index (χ1v) is 8.39. The van der Waals surface area contributed by atoms with Crippen LogP contribution in [-0.2, 0) is 24.1 Å². The van der Waals surface area contributed by atoms with Crippen LogP contribution in [0.1, 0.15) is 43.4 Å². The van der Waals surface area contributed by atoms with Crippen molar-refractivity contribution in [3.05, 3.63) is 47.0 Å². The Bertz CT molecular complexity index is 625. The number of benzene rings is 1. The second kappa shape index (κ2) is 4.56. The molecule has 1 nitrogen and oxygen atoms in total. The van der Waals surface area contributed by atoms with E-state index in [1.54, 1.807) is 0 Å². The second-order valence-corrected chi connectivity index (χ2v) is 7.83. The summed E-state index contributed by atoms with van der Waals surface area (Å²) in [6, 6.07) is 6.88. The van der Waals surface area contributed by atoms with Gasteiger partial charge in [-0.1, -0.05) is 44.2 Å². The largest absolute Gasteiger partial charge is 0.299 e. The van der Waals surface area contributed by atoms with Crippen LogP contribution >= 0.6 is 0 Å². The summed E-state index contributed by atoms with van der Waals surface area (Å²) in [5.41, 5.74) is 4.07. The highest BCUT2D eigenvalue weighted by molar-refractivity contribution is 5.90. The highest BCUT2D eigenvalue weighted by Crippen LogP contribution is 2.56. The molecule has 1 spiro atoms. The molecule has 0 aliphatic heterocycles. The summed E-state index contributed by atoms with van der Waals surface area (Å²) >= 11 is 0. The minimum absolute atomic E-state index is 0.0496. The lowest BCUT2D eigenvalue weighted by Gasteiger charge is -2.38. The molecule has 0 amide bonds. The van der Waals surface area contributed by atoms with Gasteiger partial charge in [-0.25, -0.2) is 0 Å². The van der Waals surface area contributed by atoms with E-state index in [1.807, 2.05) is 0 Å². The van der Waals surface area contributed by atoms with Crippen molar-refractivity contribution in [1.29, 1.82) is 0 Å². The van der Waals surface area contributed by atoms with Gasteiger partial charge in [-0.3, -0.25) is 4.79 Å². The van der Waals surface area contributed by atoms with Gasteiger partial charge in [-0.15, -0.1) is 0 Å². The van der Waals surface area contributed by atoms with E-state index in [1.165, 1.54) is 23.1 Å². The molecule has 0 aromatic heterocycles. The minimum atomic E-state index is -0.0496. The molecule has 0 heterocycles. The normalized spacial score (nSPS) is 33.2. The number of hydrogen-bond donors (Lipinski definition) is 0. The van der Waals surface area contributed by atoms with Gasteiger partial charge in [-0.2, -0.15) is 0 Å². The fourth-order valence-corrected chi connectivity index (χ4v) is 4.88. The lowest BCUT2D eigenvalue weighted by molar-refractivity contribution is -0.130. The summed E-state index contributed by atoms with van der Waals surface area (Å²) < 4.78 is 0. The molecule has 3 aliphatic rings. The second-order valence-electron chi connectivity index (χ2n) is 7.83. The van der Waals surface area contributed by atoms with Gasteiger partial charge in [-0.05, 0) is 60.1 Å². The van der Waals surface area contributed by atoms with Crippen LogP contribution in [-0.4, -0.2) is 5.78 Å². The fourth-order valence-electron chi connectivity index (χ4n) is 4.88. The maximum Gasteiger partial charge on any atom is 0.144 e. The average molecular weight is 280 g/mol. The summed E-state index contributed by atoms with van der Waals surface area (Å²) in [7, 11) is 0. The molecule has 1 aromatic carbocycles. The Balaban J connectivity index is 1.66. The van der Waals surface area contributed by atoms with E-state index in [0.29, 0.717) is 30.0 Å².